The first-order valence-corrected chi connectivity index (χ1v) is 8.77. The van der Waals surface area contributed by atoms with Gasteiger partial charge in [-0.25, -0.2) is 0 Å². The van der Waals surface area contributed by atoms with Gasteiger partial charge in [-0.2, -0.15) is 0 Å². The highest BCUT2D eigenvalue weighted by Gasteiger charge is 2.45. The van der Waals surface area contributed by atoms with E-state index in [0.717, 1.165) is 6.42 Å². The SMILES string of the molecule is C=C/C=C\C(=C/C)C1(/C(C=C)=C/C=C\C)CC(C)CC(C)(C)C1. The highest BCUT2D eigenvalue weighted by molar-refractivity contribution is 5.44. The van der Waals surface area contributed by atoms with Gasteiger partial charge in [0.25, 0.3) is 0 Å². The fraction of sp³-hybridized carbons (Fsp3) is 0.478. The van der Waals surface area contributed by atoms with Crippen molar-refractivity contribution in [3.05, 3.63) is 72.9 Å². The van der Waals surface area contributed by atoms with Crippen LogP contribution in [0.15, 0.2) is 72.9 Å². The molecule has 0 aromatic heterocycles. The Balaban J connectivity index is 3.55. The average Bonchev–Trinajstić information content (AvgIpc) is 2.46. The van der Waals surface area contributed by atoms with E-state index in [0.29, 0.717) is 11.3 Å². The second-order valence-electron chi connectivity index (χ2n) is 7.63. The zero-order valence-electron chi connectivity index (χ0n) is 15.7. The standard InChI is InChI=1S/C23H34/c1-8-12-14-20(10-3)23(21(11-4)15-13-9-2)17-19(5)16-22(6,7)18-23/h8-15,19H,1,4,16-18H2,2-3,5-7H3/b13-9-,14-12-,20-10+,21-15+. The van der Waals surface area contributed by atoms with Crippen molar-refractivity contribution < 1.29 is 0 Å². The molecule has 2 atom stereocenters. The number of allylic oxidation sites excluding steroid dienone is 10. The Morgan fingerprint density at radius 1 is 1.04 bits per heavy atom. The van der Waals surface area contributed by atoms with Crippen molar-refractivity contribution in [2.75, 3.05) is 0 Å². The molecule has 0 aromatic rings. The molecule has 0 radical (unpaired) electrons. The van der Waals surface area contributed by atoms with Gasteiger partial charge in [-0.1, -0.05) is 82.5 Å². The minimum atomic E-state index is 0.0384. The molecular weight excluding hydrogens is 276 g/mol. The maximum Gasteiger partial charge on any atom is 0.0207 e. The predicted molar refractivity (Wildman–Crippen MR) is 105 cm³/mol. The van der Waals surface area contributed by atoms with Gasteiger partial charge in [-0.15, -0.1) is 0 Å². The van der Waals surface area contributed by atoms with Gasteiger partial charge in [0.15, 0.2) is 0 Å². The maximum absolute atomic E-state index is 4.13. The van der Waals surface area contributed by atoms with Crippen LogP contribution in [0.5, 0.6) is 0 Å². The van der Waals surface area contributed by atoms with Crippen molar-refractivity contribution in [2.45, 2.75) is 53.9 Å². The van der Waals surface area contributed by atoms with Gasteiger partial charge < -0.3 is 0 Å². The molecular formula is C23H34. The molecule has 0 heterocycles. The molecule has 2 unspecified atom stereocenters. The Hall–Kier alpha value is -1.56. The van der Waals surface area contributed by atoms with E-state index in [4.69, 9.17) is 0 Å². The first-order chi connectivity index (χ1) is 10.8. The third kappa shape index (κ3) is 4.70. The summed E-state index contributed by atoms with van der Waals surface area (Å²) in [6.45, 7) is 19.4. The Kier molecular flexibility index (Phi) is 7.06. The molecule has 0 aromatic carbocycles. The van der Waals surface area contributed by atoms with Crippen molar-refractivity contribution in [1.29, 1.82) is 0 Å². The van der Waals surface area contributed by atoms with Crippen LogP contribution in [0.3, 0.4) is 0 Å². The van der Waals surface area contributed by atoms with Crippen molar-refractivity contribution in [1.82, 2.24) is 0 Å². The summed E-state index contributed by atoms with van der Waals surface area (Å²) in [5.41, 5.74) is 3.08. The van der Waals surface area contributed by atoms with Crippen molar-refractivity contribution in [3.63, 3.8) is 0 Å². The normalized spacial score (nSPS) is 29.2. The molecule has 23 heavy (non-hydrogen) atoms. The second kappa shape index (κ2) is 8.34. The average molecular weight is 311 g/mol. The van der Waals surface area contributed by atoms with Gasteiger partial charge in [0.05, 0.1) is 0 Å². The first kappa shape index (κ1) is 19.5. The summed E-state index contributed by atoms with van der Waals surface area (Å²) in [6, 6.07) is 0. The lowest BCUT2D eigenvalue weighted by molar-refractivity contribution is 0.103. The van der Waals surface area contributed by atoms with Crippen LogP contribution in [-0.4, -0.2) is 0 Å². The summed E-state index contributed by atoms with van der Waals surface area (Å²) in [6.07, 6.45) is 20.5. The van der Waals surface area contributed by atoms with E-state index >= 15 is 0 Å². The number of hydrogen-bond donors (Lipinski definition) is 0. The molecule has 1 aliphatic rings. The number of rotatable bonds is 6. The zero-order chi connectivity index (χ0) is 17.5. The van der Waals surface area contributed by atoms with Crippen LogP contribution < -0.4 is 0 Å². The summed E-state index contributed by atoms with van der Waals surface area (Å²) in [4.78, 5) is 0. The summed E-state index contributed by atoms with van der Waals surface area (Å²) < 4.78 is 0. The fourth-order valence-corrected chi connectivity index (χ4v) is 4.50. The lowest BCUT2D eigenvalue weighted by Gasteiger charge is -2.49. The van der Waals surface area contributed by atoms with E-state index in [-0.39, 0.29) is 5.41 Å². The van der Waals surface area contributed by atoms with E-state index in [1.54, 1.807) is 0 Å². The summed E-state index contributed by atoms with van der Waals surface area (Å²) in [5.74, 6) is 0.694. The maximum atomic E-state index is 4.13. The van der Waals surface area contributed by atoms with Crippen LogP contribution in [0.1, 0.15) is 53.9 Å². The van der Waals surface area contributed by atoms with Crippen LogP contribution in [0.2, 0.25) is 0 Å². The largest absolute Gasteiger partial charge is 0.0991 e. The topological polar surface area (TPSA) is 0 Å². The monoisotopic (exact) mass is 310 g/mol. The Morgan fingerprint density at radius 2 is 1.74 bits per heavy atom. The van der Waals surface area contributed by atoms with E-state index in [1.807, 2.05) is 6.08 Å². The van der Waals surface area contributed by atoms with Crippen molar-refractivity contribution in [3.8, 4) is 0 Å². The summed E-state index contributed by atoms with van der Waals surface area (Å²) in [5, 5.41) is 0. The van der Waals surface area contributed by atoms with Crippen LogP contribution in [-0.2, 0) is 0 Å². The highest BCUT2D eigenvalue weighted by Crippen LogP contribution is 2.56. The predicted octanol–water partition coefficient (Wildman–Crippen LogP) is 7.20. The van der Waals surface area contributed by atoms with Crippen LogP contribution >= 0.6 is 0 Å². The number of hydrogen-bond acceptors (Lipinski definition) is 0. The quantitative estimate of drug-likeness (QED) is 0.455. The van der Waals surface area contributed by atoms with Gasteiger partial charge in [0.1, 0.15) is 0 Å². The zero-order valence-corrected chi connectivity index (χ0v) is 15.7. The van der Waals surface area contributed by atoms with E-state index in [1.165, 1.54) is 24.0 Å². The summed E-state index contributed by atoms with van der Waals surface area (Å²) in [7, 11) is 0. The fourth-order valence-electron chi connectivity index (χ4n) is 4.50. The van der Waals surface area contributed by atoms with Gasteiger partial charge in [0, 0.05) is 5.41 Å². The van der Waals surface area contributed by atoms with Crippen LogP contribution in [0.4, 0.5) is 0 Å². The molecule has 0 bridgehead atoms. The molecule has 1 aliphatic carbocycles. The molecule has 1 fully saturated rings. The highest BCUT2D eigenvalue weighted by atomic mass is 14.5. The Bertz CT molecular complexity index is 536. The molecule has 1 rings (SSSR count). The molecule has 0 saturated heterocycles. The van der Waals surface area contributed by atoms with Crippen molar-refractivity contribution in [2.24, 2.45) is 16.7 Å². The molecule has 0 amide bonds. The Labute approximate surface area is 144 Å². The molecule has 0 aliphatic heterocycles. The molecule has 0 N–H and O–H groups in total. The van der Waals surface area contributed by atoms with Crippen LogP contribution in [0.25, 0.3) is 0 Å². The van der Waals surface area contributed by atoms with Gasteiger partial charge >= 0.3 is 0 Å². The van der Waals surface area contributed by atoms with E-state index < -0.39 is 0 Å². The minimum Gasteiger partial charge on any atom is -0.0991 e. The molecule has 126 valence electrons. The molecule has 1 saturated carbocycles. The molecule has 0 nitrogen and oxygen atoms in total. The van der Waals surface area contributed by atoms with E-state index in [9.17, 15) is 0 Å². The smallest absolute Gasteiger partial charge is 0.0207 e. The van der Waals surface area contributed by atoms with Gasteiger partial charge in [0.2, 0.25) is 0 Å². The lowest BCUT2D eigenvalue weighted by atomic mass is 9.54. The third-order valence-corrected chi connectivity index (χ3v) is 4.89. The lowest BCUT2D eigenvalue weighted by Crippen LogP contribution is -2.39. The first-order valence-electron chi connectivity index (χ1n) is 8.77. The molecule has 0 heteroatoms. The summed E-state index contributed by atoms with van der Waals surface area (Å²) >= 11 is 0. The van der Waals surface area contributed by atoms with E-state index in [2.05, 4.69) is 90.3 Å². The minimum absolute atomic E-state index is 0.0384. The third-order valence-electron chi connectivity index (χ3n) is 4.89. The Morgan fingerprint density at radius 3 is 2.22 bits per heavy atom. The van der Waals surface area contributed by atoms with Crippen molar-refractivity contribution >= 4 is 0 Å². The second-order valence-corrected chi connectivity index (χ2v) is 7.63. The van der Waals surface area contributed by atoms with Gasteiger partial charge in [-0.05, 0) is 55.6 Å². The van der Waals surface area contributed by atoms with Gasteiger partial charge in [-0.3, -0.25) is 0 Å². The molecule has 0 spiro atoms. The van der Waals surface area contributed by atoms with Crippen LogP contribution in [0, 0.1) is 16.7 Å².